The Morgan fingerprint density at radius 2 is 1.65 bits per heavy atom. The smallest absolute Gasteiger partial charge is 0.304 e. The van der Waals surface area contributed by atoms with Gasteiger partial charge >= 0.3 is 12.1 Å². The Hall–Kier alpha value is -1.56. The molecule has 3 nitrogen and oxygen atoms in total. The molecule has 1 aliphatic carbocycles. The molecule has 1 aliphatic rings. The first-order valence-corrected chi connectivity index (χ1v) is 7.85. The Kier molecular flexibility index (Phi) is 5.68. The van der Waals surface area contributed by atoms with Crippen LogP contribution in [0.3, 0.4) is 0 Å². The molecule has 0 aromatic heterocycles. The normalized spacial score (nSPS) is 16.2. The number of hydrogen-bond donors (Lipinski definition) is 0. The van der Waals surface area contributed by atoms with Crippen LogP contribution in [0.2, 0.25) is 0 Å². The minimum atomic E-state index is -4.93. The first kappa shape index (κ1) is 17.8. The predicted octanol–water partition coefficient (Wildman–Crippen LogP) is 4.54. The van der Waals surface area contributed by atoms with E-state index in [4.69, 9.17) is 11.6 Å². The number of alkyl halides is 3. The molecule has 126 valence electrons. The minimum absolute atomic E-state index is 0.0342. The SMILES string of the molecule is O=C(Cl)c1ccc(N(CC2CCCCC2)C(=O)C(F)(F)F)cc1. The summed E-state index contributed by atoms with van der Waals surface area (Å²) >= 11 is 5.33. The van der Waals surface area contributed by atoms with E-state index in [9.17, 15) is 22.8 Å². The molecule has 7 heteroatoms. The Labute approximate surface area is 137 Å². The third-order valence-electron chi connectivity index (χ3n) is 4.06. The Morgan fingerprint density at radius 1 is 1.09 bits per heavy atom. The van der Waals surface area contributed by atoms with Crippen LogP contribution >= 0.6 is 11.6 Å². The maximum Gasteiger partial charge on any atom is 0.471 e. The van der Waals surface area contributed by atoms with Gasteiger partial charge in [-0.05, 0) is 54.6 Å². The summed E-state index contributed by atoms with van der Waals surface area (Å²) in [5.41, 5.74) is 0.298. The number of hydrogen-bond acceptors (Lipinski definition) is 2. The van der Waals surface area contributed by atoms with Crippen LogP contribution in [0.25, 0.3) is 0 Å². The van der Waals surface area contributed by atoms with Gasteiger partial charge < -0.3 is 4.90 Å². The van der Waals surface area contributed by atoms with Gasteiger partial charge in [0.2, 0.25) is 0 Å². The summed E-state index contributed by atoms with van der Waals surface area (Å²) in [6.45, 7) is 0.0342. The summed E-state index contributed by atoms with van der Waals surface area (Å²) in [5, 5.41) is -0.697. The van der Waals surface area contributed by atoms with E-state index >= 15 is 0 Å². The Bertz CT molecular complexity index is 566. The van der Waals surface area contributed by atoms with Crippen LogP contribution in [-0.2, 0) is 4.79 Å². The van der Waals surface area contributed by atoms with E-state index in [1.165, 1.54) is 24.3 Å². The standard InChI is InChI=1S/C16H17ClF3NO2/c17-14(22)12-6-8-13(9-7-12)21(15(23)16(18,19)20)10-11-4-2-1-3-5-11/h6-9,11H,1-5,10H2. The number of nitrogens with zero attached hydrogens (tertiary/aromatic N) is 1. The number of amides is 1. The second-order valence-electron chi connectivity index (χ2n) is 5.74. The molecule has 0 N–H and O–H groups in total. The lowest BCUT2D eigenvalue weighted by molar-refractivity contribution is -0.170. The number of rotatable bonds is 4. The number of benzene rings is 1. The first-order chi connectivity index (χ1) is 10.8. The molecule has 1 amide bonds. The van der Waals surface area contributed by atoms with E-state index in [1.54, 1.807) is 0 Å². The molecule has 0 atom stereocenters. The van der Waals surface area contributed by atoms with Gasteiger partial charge in [0, 0.05) is 17.8 Å². The van der Waals surface area contributed by atoms with Gasteiger partial charge in [-0.15, -0.1) is 0 Å². The van der Waals surface area contributed by atoms with Crippen molar-refractivity contribution in [1.29, 1.82) is 0 Å². The van der Waals surface area contributed by atoms with Crippen molar-refractivity contribution in [3.05, 3.63) is 29.8 Å². The van der Waals surface area contributed by atoms with Crippen LogP contribution < -0.4 is 4.90 Å². The van der Waals surface area contributed by atoms with Crippen molar-refractivity contribution in [3.63, 3.8) is 0 Å². The summed E-state index contributed by atoms with van der Waals surface area (Å²) in [6.07, 6.45) is -0.275. The highest BCUT2D eigenvalue weighted by molar-refractivity contribution is 6.67. The van der Waals surface area contributed by atoms with Crippen LogP contribution in [0.15, 0.2) is 24.3 Å². The van der Waals surface area contributed by atoms with Crippen molar-refractivity contribution in [3.8, 4) is 0 Å². The van der Waals surface area contributed by atoms with Crippen molar-refractivity contribution in [2.45, 2.75) is 38.3 Å². The molecular weight excluding hydrogens is 331 g/mol. The first-order valence-electron chi connectivity index (χ1n) is 7.47. The van der Waals surface area contributed by atoms with Crippen molar-refractivity contribution >= 4 is 28.4 Å². The van der Waals surface area contributed by atoms with E-state index in [1.807, 2.05) is 0 Å². The largest absolute Gasteiger partial charge is 0.471 e. The summed E-state index contributed by atoms with van der Waals surface area (Å²) < 4.78 is 38.6. The van der Waals surface area contributed by atoms with E-state index in [0.29, 0.717) is 0 Å². The highest BCUT2D eigenvalue weighted by Gasteiger charge is 2.43. The Balaban J connectivity index is 2.24. The van der Waals surface area contributed by atoms with E-state index in [0.717, 1.165) is 37.0 Å². The number of carbonyl (C=O) groups excluding carboxylic acids is 2. The van der Waals surface area contributed by atoms with Crippen molar-refractivity contribution in [2.24, 2.45) is 5.92 Å². The molecule has 1 aromatic rings. The van der Waals surface area contributed by atoms with Gasteiger partial charge in [0.15, 0.2) is 0 Å². The van der Waals surface area contributed by atoms with Gasteiger partial charge in [-0.25, -0.2) is 0 Å². The summed E-state index contributed by atoms with van der Waals surface area (Å²) in [4.78, 5) is 23.6. The number of anilines is 1. The van der Waals surface area contributed by atoms with Crippen molar-refractivity contribution in [2.75, 3.05) is 11.4 Å². The molecule has 1 fully saturated rings. The molecule has 0 saturated heterocycles. The quantitative estimate of drug-likeness (QED) is 0.750. The molecule has 23 heavy (non-hydrogen) atoms. The van der Waals surface area contributed by atoms with Gasteiger partial charge in [0.05, 0.1) is 0 Å². The lowest BCUT2D eigenvalue weighted by Crippen LogP contribution is -2.44. The Morgan fingerprint density at radius 3 is 2.13 bits per heavy atom. The van der Waals surface area contributed by atoms with Crippen LogP contribution in [0.5, 0.6) is 0 Å². The molecule has 0 radical (unpaired) electrons. The lowest BCUT2D eigenvalue weighted by atomic mass is 9.89. The predicted molar refractivity (Wildman–Crippen MR) is 81.6 cm³/mol. The van der Waals surface area contributed by atoms with Gasteiger partial charge in [-0.3, -0.25) is 9.59 Å². The fourth-order valence-corrected chi connectivity index (χ4v) is 2.98. The fourth-order valence-electron chi connectivity index (χ4n) is 2.86. The topological polar surface area (TPSA) is 37.4 Å². The van der Waals surface area contributed by atoms with E-state index < -0.39 is 17.3 Å². The molecule has 2 rings (SSSR count). The maximum absolute atomic E-state index is 12.9. The summed E-state index contributed by atoms with van der Waals surface area (Å²) in [7, 11) is 0. The van der Waals surface area contributed by atoms with Gasteiger partial charge in [0.1, 0.15) is 0 Å². The molecule has 1 aromatic carbocycles. The van der Waals surface area contributed by atoms with Crippen LogP contribution in [0.4, 0.5) is 18.9 Å². The third-order valence-corrected chi connectivity index (χ3v) is 4.28. The van der Waals surface area contributed by atoms with Crippen LogP contribution in [-0.4, -0.2) is 23.9 Å². The maximum atomic E-state index is 12.9. The van der Waals surface area contributed by atoms with Gasteiger partial charge in [0.25, 0.3) is 5.24 Å². The zero-order valence-electron chi connectivity index (χ0n) is 12.4. The highest BCUT2D eigenvalue weighted by Crippen LogP contribution is 2.30. The lowest BCUT2D eigenvalue weighted by Gasteiger charge is -2.30. The number of halogens is 4. The molecular formula is C16H17ClF3NO2. The van der Waals surface area contributed by atoms with Crippen molar-refractivity contribution < 1.29 is 22.8 Å². The molecule has 0 bridgehead atoms. The highest BCUT2D eigenvalue weighted by atomic mass is 35.5. The molecule has 0 unspecified atom stereocenters. The number of carbonyl (C=O) groups is 2. The molecule has 1 saturated carbocycles. The summed E-state index contributed by atoms with van der Waals surface area (Å²) in [5.74, 6) is -1.82. The average molecular weight is 348 g/mol. The van der Waals surface area contributed by atoms with E-state index in [2.05, 4.69) is 0 Å². The fraction of sp³-hybridized carbons (Fsp3) is 0.500. The molecule has 0 spiro atoms. The van der Waals surface area contributed by atoms with Crippen LogP contribution in [0.1, 0.15) is 42.5 Å². The van der Waals surface area contributed by atoms with E-state index in [-0.39, 0.29) is 23.7 Å². The second kappa shape index (κ2) is 7.34. The van der Waals surface area contributed by atoms with Crippen LogP contribution in [0, 0.1) is 5.92 Å². The van der Waals surface area contributed by atoms with Crippen molar-refractivity contribution in [1.82, 2.24) is 0 Å². The van der Waals surface area contributed by atoms with Gasteiger partial charge in [-0.1, -0.05) is 19.3 Å². The zero-order chi connectivity index (χ0) is 17.0. The molecule has 0 aliphatic heterocycles. The zero-order valence-corrected chi connectivity index (χ0v) is 13.2. The summed E-state index contributed by atoms with van der Waals surface area (Å²) in [6, 6.07) is 5.29. The van der Waals surface area contributed by atoms with Gasteiger partial charge in [-0.2, -0.15) is 13.2 Å². The minimum Gasteiger partial charge on any atom is -0.304 e. The average Bonchev–Trinajstić information content (AvgIpc) is 2.52. The monoisotopic (exact) mass is 347 g/mol. The second-order valence-corrected chi connectivity index (χ2v) is 6.08. The third kappa shape index (κ3) is 4.70. The molecule has 0 heterocycles.